The summed E-state index contributed by atoms with van der Waals surface area (Å²) >= 11 is 0. The van der Waals surface area contributed by atoms with E-state index in [1.807, 2.05) is 30.6 Å². The van der Waals surface area contributed by atoms with Crippen LogP contribution < -0.4 is 0 Å². The summed E-state index contributed by atoms with van der Waals surface area (Å²) in [4.78, 5) is 8.66. The van der Waals surface area contributed by atoms with Crippen LogP contribution in [0.1, 0.15) is 12.5 Å². The summed E-state index contributed by atoms with van der Waals surface area (Å²) < 4.78 is 4.72. The predicted octanol–water partition coefficient (Wildman–Crippen LogP) is 2.24. The van der Waals surface area contributed by atoms with Gasteiger partial charge in [0, 0.05) is 12.4 Å². The molecule has 5 nitrogen and oxygen atoms in total. The maximum atomic E-state index is 4.72. The Labute approximate surface area is 97.5 Å². The van der Waals surface area contributed by atoms with Crippen LogP contribution in [0.4, 0.5) is 0 Å². The molecule has 0 radical (unpaired) electrons. The van der Waals surface area contributed by atoms with E-state index >= 15 is 0 Å². The van der Waals surface area contributed by atoms with E-state index in [1.165, 1.54) is 0 Å². The Morgan fingerprint density at radius 1 is 1.12 bits per heavy atom. The highest BCUT2D eigenvalue weighted by molar-refractivity contribution is 5.88. The zero-order valence-corrected chi connectivity index (χ0v) is 9.29. The molecule has 0 saturated heterocycles. The summed E-state index contributed by atoms with van der Waals surface area (Å²) in [7, 11) is 0. The zero-order valence-electron chi connectivity index (χ0n) is 9.29. The van der Waals surface area contributed by atoms with Crippen molar-refractivity contribution in [2.24, 2.45) is 0 Å². The molecule has 2 heterocycles. The van der Waals surface area contributed by atoms with Gasteiger partial charge in [0.1, 0.15) is 11.0 Å². The Morgan fingerprint density at radius 2 is 1.94 bits per heavy atom. The highest BCUT2D eigenvalue weighted by Crippen LogP contribution is 2.22. The van der Waals surface area contributed by atoms with E-state index in [-0.39, 0.29) is 0 Å². The van der Waals surface area contributed by atoms with E-state index in [1.54, 1.807) is 0 Å². The minimum absolute atomic E-state index is 0.642. The second-order valence-corrected chi connectivity index (χ2v) is 3.71. The van der Waals surface area contributed by atoms with E-state index in [4.69, 9.17) is 4.63 Å². The summed E-state index contributed by atoms with van der Waals surface area (Å²) in [6.45, 7) is 2.07. The first-order chi connectivity index (χ1) is 8.38. The SMILES string of the molecule is CCc1cnc(-c2cccc3nonc23)nc1. The van der Waals surface area contributed by atoms with Gasteiger partial charge in [0.2, 0.25) is 0 Å². The van der Waals surface area contributed by atoms with Crippen molar-refractivity contribution < 1.29 is 4.63 Å². The van der Waals surface area contributed by atoms with E-state index in [0.717, 1.165) is 17.5 Å². The van der Waals surface area contributed by atoms with Gasteiger partial charge in [0.25, 0.3) is 0 Å². The molecule has 0 aliphatic carbocycles. The van der Waals surface area contributed by atoms with Crippen LogP contribution >= 0.6 is 0 Å². The van der Waals surface area contributed by atoms with Crippen LogP contribution in [0.3, 0.4) is 0 Å². The first-order valence-corrected chi connectivity index (χ1v) is 5.41. The molecule has 3 aromatic rings. The largest absolute Gasteiger partial charge is 0.243 e. The number of benzene rings is 1. The Balaban J connectivity index is 2.16. The highest BCUT2D eigenvalue weighted by Gasteiger charge is 2.10. The number of hydrogen-bond donors (Lipinski definition) is 0. The monoisotopic (exact) mass is 226 g/mol. The van der Waals surface area contributed by atoms with Gasteiger partial charge in [-0.25, -0.2) is 14.6 Å². The first-order valence-electron chi connectivity index (χ1n) is 5.41. The molecular weight excluding hydrogens is 216 g/mol. The van der Waals surface area contributed by atoms with Crippen molar-refractivity contribution in [3.8, 4) is 11.4 Å². The van der Waals surface area contributed by atoms with Crippen LogP contribution in [-0.4, -0.2) is 20.3 Å². The van der Waals surface area contributed by atoms with Crippen molar-refractivity contribution in [1.29, 1.82) is 0 Å². The van der Waals surface area contributed by atoms with E-state index in [9.17, 15) is 0 Å². The second-order valence-electron chi connectivity index (χ2n) is 3.71. The number of aryl methyl sites for hydroxylation is 1. The summed E-state index contributed by atoms with van der Waals surface area (Å²) in [5.74, 6) is 0.642. The number of aromatic nitrogens is 4. The van der Waals surface area contributed by atoms with E-state index in [0.29, 0.717) is 16.9 Å². The molecule has 0 atom stereocenters. The molecule has 0 N–H and O–H groups in total. The van der Waals surface area contributed by atoms with Crippen LogP contribution in [0, 0.1) is 0 Å². The summed E-state index contributed by atoms with van der Waals surface area (Å²) in [6, 6.07) is 5.64. The van der Waals surface area contributed by atoms with Crippen LogP contribution in [-0.2, 0) is 6.42 Å². The lowest BCUT2D eigenvalue weighted by Gasteiger charge is -2.00. The zero-order chi connectivity index (χ0) is 11.7. The Bertz CT molecular complexity index is 645. The summed E-state index contributed by atoms with van der Waals surface area (Å²) in [5, 5.41) is 7.67. The van der Waals surface area contributed by atoms with Gasteiger partial charge < -0.3 is 0 Å². The molecule has 0 saturated carbocycles. The normalized spacial score (nSPS) is 10.9. The molecule has 3 rings (SSSR count). The average Bonchev–Trinajstić information content (AvgIpc) is 2.87. The third-order valence-electron chi connectivity index (χ3n) is 2.64. The van der Waals surface area contributed by atoms with Gasteiger partial charge in [0.15, 0.2) is 5.82 Å². The molecule has 0 amide bonds. The molecule has 0 aliphatic rings. The maximum absolute atomic E-state index is 4.72. The molecule has 0 unspecified atom stereocenters. The lowest BCUT2D eigenvalue weighted by molar-refractivity contribution is 0.315. The minimum atomic E-state index is 0.642. The Hall–Kier alpha value is -2.30. The van der Waals surface area contributed by atoms with Crippen LogP contribution in [0.25, 0.3) is 22.4 Å². The second kappa shape index (κ2) is 3.93. The van der Waals surface area contributed by atoms with Gasteiger partial charge in [-0.15, -0.1) is 0 Å². The van der Waals surface area contributed by atoms with Gasteiger partial charge in [-0.1, -0.05) is 13.0 Å². The van der Waals surface area contributed by atoms with E-state index in [2.05, 4.69) is 27.2 Å². The van der Waals surface area contributed by atoms with Crippen molar-refractivity contribution in [2.45, 2.75) is 13.3 Å². The molecule has 0 fully saturated rings. The van der Waals surface area contributed by atoms with Crippen LogP contribution in [0.5, 0.6) is 0 Å². The molecule has 84 valence electrons. The van der Waals surface area contributed by atoms with Crippen LogP contribution in [0.2, 0.25) is 0 Å². The van der Waals surface area contributed by atoms with Crippen molar-refractivity contribution >= 4 is 11.0 Å². The lowest BCUT2D eigenvalue weighted by Crippen LogP contribution is -1.92. The Kier molecular flexibility index (Phi) is 2.29. The fraction of sp³-hybridized carbons (Fsp3) is 0.167. The molecule has 0 spiro atoms. The first kappa shape index (κ1) is 9.89. The molecule has 5 heteroatoms. The van der Waals surface area contributed by atoms with Crippen LogP contribution in [0.15, 0.2) is 35.2 Å². The average molecular weight is 226 g/mol. The number of hydrogen-bond acceptors (Lipinski definition) is 5. The van der Waals surface area contributed by atoms with Crippen molar-refractivity contribution in [1.82, 2.24) is 20.3 Å². The van der Waals surface area contributed by atoms with Gasteiger partial charge in [-0.3, -0.25) is 0 Å². The molecule has 17 heavy (non-hydrogen) atoms. The topological polar surface area (TPSA) is 64.7 Å². The van der Waals surface area contributed by atoms with Gasteiger partial charge in [-0.2, -0.15) is 0 Å². The molecule has 2 aromatic heterocycles. The highest BCUT2D eigenvalue weighted by atomic mass is 16.6. The molecule has 1 aromatic carbocycles. The smallest absolute Gasteiger partial charge is 0.161 e. The Morgan fingerprint density at radius 3 is 2.71 bits per heavy atom. The maximum Gasteiger partial charge on any atom is 0.161 e. The lowest BCUT2D eigenvalue weighted by atomic mass is 10.1. The van der Waals surface area contributed by atoms with E-state index < -0.39 is 0 Å². The molecule has 0 bridgehead atoms. The molecule has 0 aliphatic heterocycles. The van der Waals surface area contributed by atoms with Crippen molar-refractivity contribution in [3.05, 3.63) is 36.2 Å². The van der Waals surface area contributed by atoms with Gasteiger partial charge in [0.05, 0.1) is 5.56 Å². The predicted molar refractivity (Wildman–Crippen MR) is 62.2 cm³/mol. The standard InChI is InChI=1S/C12H10N4O/c1-2-8-6-13-12(14-7-8)9-4-3-5-10-11(9)16-17-15-10/h3-7H,2H2,1H3. The fourth-order valence-electron chi connectivity index (χ4n) is 1.66. The third kappa shape index (κ3) is 1.65. The van der Waals surface area contributed by atoms with Gasteiger partial charge in [-0.05, 0) is 34.4 Å². The third-order valence-corrected chi connectivity index (χ3v) is 2.64. The molecular formula is C12H10N4O. The van der Waals surface area contributed by atoms with Gasteiger partial charge >= 0.3 is 0 Å². The van der Waals surface area contributed by atoms with Crippen molar-refractivity contribution in [2.75, 3.05) is 0 Å². The quantitative estimate of drug-likeness (QED) is 0.670. The van der Waals surface area contributed by atoms with Crippen molar-refractivity contribution in [3.63, 3.8) is 0 Å². The number of nitrogens with zero attached hydrogens (tertiary/aromatic N) is 4. The summed E-state index contributed by atoms with van der Waals surface area (Å²) in [6.07, 6.45) is 4.58. The number of rotatable bonds is 2. The number of fused-ring (bicyclic) bond motifs is 1. The minimum Gasteiger partial charge on any atom is -0.243 e. The summed E-state index contributed by atoms with van der Waals surface area (Å²) in [5.41, 5.74) is 3.35. The fourth-order valence-corrected chi connectivity index (χ4v) is 1.66.